The van der Waals surface area contributed by atoms with Crippen molar-refractivity contribution in [1.82, 2.24) is 9.55 Å². The normalized spacial score (nSPS) is 13.6. The van der Waals surface area contributed by atoms with Crippen molar-refractivity contribution in [3.63, 3.8) is 0 Å². The van der Waals surface area contributed by atoms with Gasteiger partial charge in [0.15, 0.2) is 5.58 Å². The molecule has 3 heterocycles. The predicted molar refractivity (Wildman–Crippen MR) is 221 cm³/mol. The van der Waals surface area contributed by atoms with E-state index in [2.05, 4.69) is 176 Å². The molecule has 0 fully saturated rings. The molecule has 11 aromatic rings. The summed E-state index contributed by atoms with van der Waals surface area (Å²) >= 11 is 0. The fourth-order valence-corrected chi connectivity index (χ4v) is 9.56. The van der Waals surface area contributed by atoms with Gasteiger partial charge < -0.3 is 8.98 Å². The van der Waals surface area contributed by atoms with Crippen LogP contribution in [-0.4, -0.2) is 9.55 Å². The molecule has 0 atom stereocenters. The molecule has 0 radical (unpaired) electrons. The topological polar surface area (TPSA) is 31.0 Å². The van der Waals surface area contributed by atoms with Crippen LogP contribution < -0.4 is 0 Å². The molecule has 1 aliphatic carbocycles. The Labute approximate surface area is 305 Å². The number of rotatable bonds is 2. The third-order valence-corrected chi connectivity index (χ3v) is 11.9. The van der Waals surface area contributed by atoms with Crippen LogP contribution in [0.4, 0.5) is 0 Å². The maximum absolute atomic E-state index is 6.75. The van der Waals surface area contributed by atoms with Crippen molar-refractivity contribution in [2.24, 2.45) is 0 Å². The second-order valence-electron chi connectivity index (χ2n) is 15.1. The number of fused-ring (bicyclic) bond motifs is 16. The van der Waals surface area contributed by atoms with Crippen molar-refractivity contribution in [3.05, 3.63) is 169 Å². The van der Waals surface area contributed by atoms with Crippen molar-refractivity contribution in [2.75, 3.05) is 0 Å². The van der Waals surface area contributed by atoms with E-state index in [1.54, 1.807) is 0 Å². The van der Waals surface area contributed by atoms with Gasteiger partial charge in [0.2, 0.25) is 0 Å². The molecule has 0 amide bonds. The smallest absolute Gasteiger partial charge is 0.161 e. The van der Waals surface area contributed by atoms with Gasteiger partial charge in [-0.05, 0) is 86.3 Å². The van der Waals surface area contributed by atoms with Crippen molar-refractivity contribution >= 4 is 76.2 Å². The molecule has 0 saturated heterocycles. The highest BCUT2D eigenvalue weighted by Crippen LogP contribution is 2.52. The van der Waals surface area contributed by atoms with Crippen LogP contribution >= 0.6 is 0 Å². The Kier molecular flexibility index (Phi) is 5.57. The highest BCUT2D eigenvalue weighted by Gasteiger charge is 2.36. The summed E-state index contributed by atoms with van der Waals surface area (Å²) in [7, 11) is 0. The first-order valence-electron chi connectivity index (χ1n) is 18.4. The predicted octanol–water partition coefficient (Wildman–Crippen LogP) is 13.5. The maximum Gasteiger partial charge on any atom is 0.161 e. The van der Waals surface area contributed by atoms with E-state index in [9.17, 15) is 0 Å². The van der Waals surface area contributed by atoms with E-state index in [4.69, 9.17) is 9.40 Å². The van der Waals surface area contributed by atoms with E-state index >= 15 is 0 Å². The van der Waals surface area contributed by atoms with Gasteiger partial charge in [-0.25, -0.2) is 4.98 Å². The van der Waals surface area contributed by atoms with Crippen molar-refractivity contribution in [1.29, 1.82) is 0 Å². The van der Waals surface area contributed by atoms with E-state index in [0.29, 0.717) is 0 Å². The summed E-state index contributed by atoms with van der Waals surface area (Å²) in [5, 5.41) is 10.8. The van der Waals surface area contributed by atoms with Crippen LogP contribution in [0.5, 0.6) is 0 Å². The summed E-state index contributed by atoms with van der Waals surface area (Å²) in [6.45, 7) is 4.68. The molecule has 3 aromatic heterocycles. The number of furan rings is 1. The van der Waals surface area contributed by atoms with Gasteiger partial charge in [0.1, 0.15) is 11.1 Å². The summed E-state index contributed by atoms with van der Waals surface area (Å²) in [5.74, 6) is 0. The first-order valence-corrected chi connectivity index (χ1v) is 18.4. The zero-order valence-electron chi connectivity index (χ0n) is 29.3. The Morgan fingerprint density at radius 1 is 0.509 bits per heavy atom. The molecule has 0 bridgehead atoms. The molecule has 0 saturated carbocycles. The molecule has 12 rings (SSSR count). The monoisotopic (exact) mass is 676 g/mol. The van der Waals surface area contributed by atoms with Gasteiger partial charge in [0, 0.05) is 43.6 Å². The molecule has 8 aromatic carbocycles. The van der Waals surface area contributed by atoms with E-state index in [1.807, 2.05) is 0 Å². The molecule has 0 unspecified atom stereocenters. The van der Waals surface area contributed by atoms with Gasteiger partial charge in [-0.15, -0.1) is 0 Å². The van der Waals surface area contributed by atoms with Crippen molar-refractivity contribution < 1.29 is 4.42 Å². The molecule has 0 spiro atoms. The van der Waals surface area contributed by atoms with Gasteiger partial charge >= 0.3 is 0 Å². The summed E-state index contributed by atoms with van der Waals surface area (Å²) in [4.78, 5) is 5.48. The fraction of sp³-hybridized carbons (Fsp3) is 0.0600. The molecule has 0 N–H and O–H groups in total. The number of hydrogen-bond donors (Lipinski definition) is 0. The zero-order valence-corrected chi connectivity index (χ0v) is 29.3. The number of pyridine rings is 1. The van der Waals surface area contributed by atoms with Crippen molar-refractivity contribution in [3.8, 4) is 28.1 Å². The lowest BCUT2D eigenvalue weighted by atomic mass is 9.82. The minimum Gasteiger partial charge on any atom is -0.454 e. The number of para-hydroxylation sites is 2. The average molecular weight is 677 g/mol. The number of benzene rings is 8. The summed E-state index contributed by atoms with van der Waals surface area (Å²) in [5.41, 5.74) is 13.4. The molecule has 1 aliphatic rings. The lowest BCUT2D eigenvalue weighted by molar-refractivity contribution is 0.660. The average Bonchev–Trinajstić information content (AvgIpc) is 3.81. The SMILES string of the molecule is CC1(C)c2ccccc2-c2cc3c(cc21)c1oc2ccccc2c1n3-c1cccc(-c2nc3ccccc3c3c4ccccc4c4ccccc4c23)c1. The van der Waals surface area contributed by atoms with Gasteiger partial charge in [-0.1, -0.05) is 129 Å². The largest absolute Gasteiger partial charge is 0.454 e. The molecule has 3 nitrogen and oxygen atoms in total. The first-order chi connectivity index (χ1) is 26.1. The minimum absolute atomic E-state index is 0.115. The Hall–Kier alpha value is -6.71. The highest BCUT2D eigenvalue weighted by atomic mass is 16.3. The second kappa shape index (κ2) is 10.2. The van der Waals surface area contributed by atoms with Crippen LogP contribution in [0.15, 0.2) is 162 Å². The molecule has 3 heteroatoms. The third-order valence-electron chi connectivity index (χ3n) is 11.9. The van der Waals surface area contributed by atoms with Gasteiger partial charge in [-0.3, -0.25) is 0 Å². The quantitative estimate of drug-likeness (QED) is 0.171. The Morgan fingerprint density at radius 3 is 1.98 bits per heavy atom. The maximum atomic E-state index is 6.75. The third kappa shape index (κ3) is 3.76. The molecule has 0 aliphatic heterocycles. The first kappa shape index (κ1) is 28.9. The lowest BCUT2D eigenvalue weighted by Gasteiger charge is -2.21. The Balaban J connectivity index is 1.20. The van der Waals surface area contributed by atoms with E-state index in [0.717, 1.165) is 55.4 Å². The Morgan fingerprint density at radius 2 is 1.17 bits per heavy atom. The number of nitrogens with zero attached hydrogens (tertiary/aromatic N) is 2. The van der Waals surface area contributed by atoms with E-state index < -0.39 is 0 Å². The van der Waals surface area contributed by atoms with Gasteiger partial charge in [0.05, 0.1) is 16.7 Å². The minimum atomic E-state index is -0.115. The van der Waals surface area contributed by atoms with E-state index in [-0.39, 0.29) is 5.41 Å². The lowest BCUT2D eigenvalue weighted by Crippen LogP contribution is -2.14. The zero-order chi connectivity index (χ0) is 35.0. The number of aromatic nitrogens is 2. The second-order valence-corrected chi connectivity index (χ2v) is 15.1. The summed E-state index contributed by atoms with van der Waals surface area (Å²) in [6.07, 6.45) is 0. The van der Waals surface area contributed by atoms with Crippen LogP contribution in [0.1, 0.15) is 25.0 Å². The van der Waals surface area contributed by atoms with Crippen molar-refractivity contribution in [2.45, 2.75) is 19.3 Å². The van der Waals surface area contributed by atoms with Crippen LogP contribution in [0, 0.1) is 0 Å². The van der Waals surface area contributed by atoms with Gasteiger partial charge in [0.25, 0.3) is 0 Å². The molecule has 248 valence electrons. The molecular formula is C50H32N2O. The van der Waals surface area contributed by atoms with Crippen LogP contribution in [0.2, 0.25) is 0 Å². The van der Waals surface area contributed by atoms with Crippen LogP contribution in [-0.2, 0) is 5.41 Å². The van der Waals surface area contributed by atoms with Crippen LogP contribution in [0.25, 0.3) is 104 Å². The summed E-state index contributed by atoms with van der Waals surface area (Å²) < 4.78 is 9.17. The highest BCUT2D eigenvalue weighted by molar-refractivity contribution is 6.33. The Bertz CT molecular complexity index is 3380. The summed E-state index contributed by atoms with van der Waals surface area (Å²) in [6, 6.07) is 57.2. The molecule has 53 heavy (non-hydrogen) atoms. The standard InChI is InChI=1S/C50H32N2O/c1-50(2)40-23-10-7-18-33(40)38-28-43-39(27-41(38)50)49-48(37-22-9-12-25-44(37)53-49)52(43)30-15-13-14-29(26-30)47-46-35-20-6-4-17-32(35)31-16-3-5-19-34(31)45(46)36-21-8-11-24-42(36)51-47/h3-28H,1-2H3. The van der Waals surface area contributed by atoms with Crippen LogP contribution in [0.3, 0.4) is 0 Å². The fourth-order valence-electron chi connectivity index (χ4n) is 9.56. The molecular weight excluding hydrogens is 645 g/mol. The van der Waals surface area contributed by atoms with E-state index in [1.165, 1.54) is 60.0 Å². The number of hydrogen-bond acceptors (Lipinski definition) is 2. The van der Waals surface area contributed by atoms with Gasteiger partial charge in [-0.2, -0.15) is 0 Å².